The molecule has 0 bridgehead atoms. The van der Waals surface area contributed by atoms with Gasteiger partial charge in [0.2, 0.25) is 5.91 Å². The molecule has 5 heteroatoms. The third-order valence-corrected chi connectivity index (χ3v) is 7.95. The third kappa shape index (κ3) is 2.18. The Kier molecular flexibility index (Phi) is 3.45. The largest absolute Gasteiger partial charge is 0.355 e. The average molecular weight is 354 g/mol. The Hall–Kier alpha value is -1.65. The van der Waals surface area contributed by atoms with E-state index in [2.05, 4.69) is 33.6 Å². The van der Waals surface area contributed by atoms with Crippen molar-refractivity contribution in [1.82, 2.24) is 14.9 Å². The van der Waals surface area contributed by atoms with Crippen LogP contribution < -0.4 is 4.90 Å². The highest BCUT2D eigenvalue weighted by atomic mass is 16.2. The van der Waals surface area contributed by atoms with Gasteiger partial charge in [0.15, 0.2) is 0 Å². The van der Waals surface area contributed by atoms with Crippen molar-refractivity contribution in [3.63, 3.8) is 0 Å². The lowest BCUT2D eigenvalue weighted by Crippen LogP contribution is -2.49. The van der Waals surface area contributed by atoms with Crippen LogP contribution in [0.25, 0.3) is 0 Å². The minimum absolute atomic E-state index is 0.0964. The summed E-state index contributed by atoms with van der Waals surface area (Å²) >= 11 is 0. The summed E-state index contributed by atoms with van der Waals surface area (Å²) in [5.41, 5.74) is 0.427. The van der Waals surface area contributed by atoms with Crippen molar-refractivity contribution in [3.8, 4) is 0 Å². The molecule has 2 atom stereocenters. The zero-order chi connectivity index (χ0) is 18.0. The van der Waals surface area contributed by atoms with E-state index in [4.69, 9.17) is 0 Å². The van der Waals surface area contributed by atoms with E-state index in [0.717, 1.165) is 44.8 Å². The molecule has 2 aliphatic heterocycles. The molecule has 1 aromatic rings. The van der Waals surface area contributed by atoms with E-state index < -0.39 is 0 Å². The first kappa shape index (κ1) is 16.5. The molecular weight excluding hydrogens is 324 g/mol. The summed E-state index contributed by atoms with van der Waals surface area (Å²) in [7, 11) is 0. The van der Waals surface area contributed by atoms with Crippen LogP contribution in [0.4, 0.5) is 5.82 Å². The van der Waals surface area contributed by atoms with Crippen molar-refractivity contribution < 1.29 is 4.79 Å². The Morgan fingerprint density at radius 1 is 1.12 bits per heavy atom. The number of carbonyl (C=O) groups is 1. The van der Waals surface area contributed by atoms with E-state index in [-0.39, 0.29) is 16.2 Å². The number of carbonyl (C=O) groups excluding carboxylic acids is 1. The van der Waals surface area contributed by atoms with Gasteiger partial charge in [0.25, 0.3) is 0 Å². The van der Waals surface area contributed by atoms with Crippen LogP contribution in [0.3, 0.4) is 0 Å². The number of aromatic nitrogens is 2. The Morgan fingerprint density at radius 3 is 2.31 bits per heavy atom. The number of hydrogen-bond acceptors (Lipinski definition) is 4. The molecule has 1 amide bonds. The summed E-state index contributed by atoms with van der Waals surface area (Å²) in [6.45, 7) is 8.46. The van der Waals surface area contributed by atoms with E-state index in [1.165, 1.54) is 25.7 Å². The monoisotopic (exact) mass is 354 g/mol. The molecule has 2 saturated heterocycles. The Bertz CT molecular complexity index is 692. The molecule has 0 N–H and O–H groups in total. The van der Waals surface area contributed by atoms with Crippen LogP contribution in [0.1, 0.15) is 52.4 Å². The molecule has 2 aliphatic carbocycles. The van der Waals surface area contributed by atoms with Crippen molar-refractivity contribution in [2.75, 3.05) is 31.1 Å². The van der Waals surface area contributed by atoms with Gasteiger partial charge in [0, 0.05) is 48.6 Å². The van der Waals surface area contributed by atoms with Crippen molar-refractivity contribution in [2.45, 2.75) is 52.4 Å². The highest BCUT2D eigenvalue weighted by molar-refractivity contribution is 5.84. The molecule has 5 nitrogen and oxygen atoms in total. The SMILES string of the molecule is CC1CC(C)(C(=O)N2CC34CCCCC3(C2)CN(c2ccncn2)C4)C1. The Morgan fingerprint density at radius 2 is 1.77 bits per heavy atom. The fraction of sp³-hybridized carbons (Fsp3) is 0.762. The van der Waals surface area contributed by atoms with Gasteiger partial charge < -0.3 is 9.80 Å². The summed E-state index contributed by atoms with van der Waals surface area (Å²) < 4.78 is 0. The zero-order valence-corrected chi connectivity index (χ0v) is 16.1. The van der Waals surface area contributed by atoms with Gasteiger partial charge in [-0.2, -0.15) is 0 Å². The van der Waals surface area contributed by atoms with Crippen molar-refractivity contribution in [1.29, 1.82) is 0 Å². The molecule has 4 aliphatic rings. The molecule has 140 valence electrons. The Balaban J connectivity index is 1.41. The number of anilines is 1. The van der Waals surface area contributed by atoms with Crippen LogP contribution in [-0.2, 0) is 4.79 Å². The van der Waals surface area contributed by atoms with Crippen molar-refractivity contribution in [3.05, 3.63) is 18.6 Å². The molecule has 5 rings (SSSR count). The lowest BCUT2D eigenvalue weighted by molar-refractivity contribution is -0.148. The fourth-order valence-electron chi connectivity index (χ4n) is 6.93. The van der Waals surface area contributed by atoms with Crippen LogP contribution in [0, 0.1) is 22.2 Å². The first-order valence-electron chi connectivity index (χ1n) is 10.3. The third-order valence-electron chi connectivity index (χ3n) is 7.95. The predicted octanol–water partition coefficient (Wildman–Crippen LogP) is 3.12. The summed E-state index contributed by atoms with van der Waals surface area (Å²) in [5.74, 6) is 2.19. The molecule has 4 fully saturated rings. The second kappa shape index (κ2) is 5.43. The maximum atomic E-state index is 13.3. The number of likely N-dealkylation sites (tertiary alicyclic amines) is 1. The van der Waals surface area contributed by atoms with Crippen molar-refractivity contribution in [2.24, 2.45) is 22.2 Å². The number of hydrogen-bond donors (Lipinski definition) is 0. The van der Waals surface area contributed by atoms with E-state index in [9.17, 15) is 4.79 Å². The summed E-state index contributed by atoms with van der Waals surface area (Å²) in [5, 5.41) is 0. The van der Waals surface area contributed by atoms with E-state index >= 15 is 0 Å². The molecule has 0 spiro atoms. The zero-order valence-electron chi connectivity index (χ0n) is 16.1. The number of nitrogens with zero attached hydrogens (tertiary/aromatic N) is 4. The minimum Gasteiger partial charge on any atom is -0.355 e. The van der Waals surface area contributed by atoms with Crippen LogP contribution in [0.5, 0.6) is 0 Å². The smallest absolute Gasteiger partial charge is 0.228 e. The van der Waals surface area contributed by atoms with Crippen LogP contribution in [0.2, 0.25) is 0 Å². The van der Waals surface area contributed by atoms with E-state index in [1.807, 2.05) is 12.3 Å². The molecule has 2 saturated carbocycles. The Labute approximate surface area is 156 Å². The first-order valence-corrected chi connectivity index (χ1v) is 10.3. The fourth-order valence-corrected chi connectivity index (χ4v) is 6.93. The number of amides is 1. The maximum Gasteiger partial charge on any atom is 0.228 e. The topological polar surface area (TPSA) is 49.3 Å². The molecule has 2 unspecified atom stereocenters. The molecule has 26 heavy (non-hydrogen) atoms. The van der Waals surface area contributed by atoms with Crippen LogP contribution in [0.15, 0.2) is 18.6 Å². The minimum atomic E-state index is -0.0964. The van der Waals surface area contributed by atoms with Gasteiger partial charge in [-0.3, -0.25) is 4.79 Å². The maximum absolute atomic E-state index is 13.3. The van der Waals surface area contributed by atoms with Gasteiger partial charge in [0.1, 0.15) is 12.1 Å². The summed E-state index contributed by atoms with van der Waals surface area (Å²) in [6, 6.07) is 2.03. The molecule has 0 aromatic carbocycles. The van der Waals surface area contributed by atoms with Crippen LogP contribution >= 0.6 is 0 Å². The number of rotatable bonds is 2. The summed E-state index contributed by atoms with van der Waals surface area (Å²) in [6.07, 6.45) is 10.7. The standard InChI is InChI=1S/C21H30N4O/c1-16-9-19(2,10-16)18(26)25-13-20-6-3-4-7-21(20,14-25)12-24(11-20)17-5-8-22-15-23-17/h5,8,15-16H,3-4,6-7,9-14H2,1-2H3. The molecule has 1 aromatic heterocycles. The normalized spacial score (nSPS) is 41.5. The van der Waals surface area contributed by atoms with Gasteiger partial charge in [-0.15, -0.1) is 0 Å². The van der Waals surface area contributed by atoms with Gasteiger partial charge >= 0.3 is 0 Å². The van der Waals surface area contributed by atoms with Gasteiger partial charge in [-0.05, 0) is 37.7 Å². The molecular formula is C21H30N4O. The lowest BCUT2D eigenvalue weighted by atomic mass is 9.60. The van der Waals surface area contributed by atoms with Gasteiger partial charge in [0.05, 0.1) is 0 Å². The van der Waals surface area contributed by atoms with Crippen molar-refractivity contribution >= 4 is 11.7 Å². The molecule has 3 heterocycles. The highest BCUT2D eigenvalue weighted by Gasteiger charge is 2.65. The van der Waals surface area contributed by atoms with Gasteiger partial charge in [-0.1, -0.05) is 26.7 Å². The highest BCUT2D eigenvalue weighted by Crippen LogP contribution is 2.61. The van der Waals surface area contributed by atoms with E-state index in [1.54, 1.807) is 6.33 Å². The van der Waals surface area contributed by atoms with E-state index in [0.29, 0.717) is 11.8 Å². The first-order chi connectivity index (χ1) is 12.5. The molecule has 0 radical (unpaired) electrons. The average Bonchev–Trinajstić information content (AvgIpc) is 3.11. The second-order valence-electron chi connectivity index (χ2n) is 9.93. The second-order valence-corrected chi connectivity index (χ2v) is 9.93. The van der Waals surface area contributed by atoms with Gasteiger partial charge in [-0.25, -0.2) is 9.97 Å². The predicted molar refractivity (Wildman–Crippen MR) is 101 cm³/mol. The quantitative estimate of drug-likeness (QED) is 0.819. The lowest BCUT2D eigenvalue weighted by Gasteiger charge is -2.44. The summed E-state index contributed by atoms with van der Waals surface area (Å²) in [4.78, 5) is 26.6. The van der Waals surface area contributed by atoms with Crippen LogP contribution in [-0.4, -0.2) is 47.0 Å².